The first-order chi connectivity index (χ1) is 54.2. The van der Waals surface area contributed by atoms with Gasteiger partial charge in [0.25, 0.3) is 0 Å². The summed E-state index contributed by atoms with van der Waals surface area (Å²) in [4.78, 5) is 77.3. The van der Waals surface area contributed by atoms with Crippen molar-refractivity contribution in [1.82, 2.24) is 88.0 Å². The molecule has 0 saturated heterocycles. The monoisotopic (exact) mass is 1410 g/mol. The molecule has 0 radical (unpaired) electrons. The Labute approximate surface area is 624 Å². The lowest BCUT2D eigenvalue weighted by Crippen LogP contribution is -2.34. The van der Waals surface area contributed by atoms with Gasteiger partial charge in [0.15, 0.2) is 86.4 Å². The number of allylic oxidation sites excluding steroid dienone is 2. The van der Waals surface area contributed by atoms with Crippen molar-refractivity contribution in [2.24, 2.45) is 0 Å². The van der Waals surface area contributed by atoms with Crippen LogP contribution in [0, 0.1) is 22.7 Å². The van der Waals surface area contributed by atoms with Gasteiger partial charge in [0.1, 0.15) is 0 Å². The molecule has 0 N–H and O–H groups in total. The number of hydrogen-bond acceptors (Lipinski definition) is 17. The summed E-state index contributed by atoms with van der Waals surface area (Å²) in [7, 11) is 0. The van der Waals surface area contributed by atoms with E-state index in [2.05, 4.69) is 59.5 Å². The first kappa shape index (κ1) is 63.7. The van der Waals surface area contributed by atoms with E-state index in [1.807, 2.05) is 240 Å². The highest BCUT2D eigenvalue weighted by Gasteiger charge is 2.25. The zero-order valence-corrected chi connectivity index (χ0v) is 58.3. The molecule has 0 bridgehead atoms. The summed E-state index contributed by atoms with van der Waals surface area (Å²) in [5, 5.41) is 21.1. The molecule has 0 aliphatic carbocycles. The molecule has 0 fully saturated rings. The highest BCUT2D eigenvalue weighted by atomic mass is 15.1. The number of nitrogens with zero attached hydrogens (tertiary/aromatic N) is 20. The number of rotatable bonds is 12. The third-order valence-corrected chi connectivity index (χ3v) is 19.6. The highest BCUT2D eigenvalue weighted by molar-refractivity contribution is 5.97. The molecule has 0 atom stereocenters. The van der Waals surface area contributed by atoms with Gasteiger partial charge in [0, 0.05) is 33.4 Å². The van der Waals surface area contributed by atoms with Crippen LogP contribution in [0.1, 0.15) is 23.6 Å². The Balaban J connectivity index is 0.677. The SMILES string of the molecule is C=c1/c(=C\C=C(/C)c2ccc(-c3nc(-c4ccccc4)nc(-c4nc5cc(C#N)ccc5n5c4nc4ccccc45)n3)cc2)nc(-c2nc(-c3ccccc3)nc(-c3ccc(-c4ccc5c(c4)nc(-c4nc(-c6ccccc6)nc(-c6ccccc6)n4)c4nc6ccccc6n45)cc3)n2)c2nc3cc(C#N)ccc3n12. The van der Waals surface area contributed by atoms with Crippen LogP contribution >= 0.6 is 0 Å². The number of aromatic nitrogens is 18. The topological polar surface area (TPSA) is 254 Å². The zero-order valence-electron chi connectivity index (χ0n) is 58.3. The maximum atomic E-state index is 10.1. The van der Waals surface area contributed by atoms with Crippen LogP contribution < -0.4 is 10.7 Å². The molecule has 512 valence electrons. The molecular formula is C90H52N20. The summed E-state index contributed by atoms with van der Waals surface area (Å²) in [5.74, 6) is 3.74. The van der Waals surface area contributed by atoms with E-state index in [1.165, 1.54) is 0 Å². The number of para-hydroxylation sites is 4. The molecule has 11 aromatic carbocycles. The molecule has 9 aromatic heterocycles. The maximum absolute atomic E-state index is 10.1. The predicted octanol–water partition coefficient (Wildman–Crippen LogP) is 16.8. The van der Waals surface area contributed by atoms with E-state index in [1.54, 1.807) is 24.3 Å². The molecule has 20 rings (SSSR count). The Bertz CT molecular complexity index is 7380. The minimum absolute atomic E-state index is 0.272. The van der Waals surface area contributed by atoms with E-state index >= 15 is 0 Å². The number of hydrogen-bond donors (Lipinski definition) is 0. The van der Waals surface area contributed by atoms with Crippen molar-refractivity contribution in [3.05, 3.63) is 306 Å². The van der Waals surface area contributed by atoms with Gasteiger partial charge in [-0.05, 0) is 108 Å². The Morgan fingerprint density at radius 1 is 0.291 bits per heavy atom. The Morgan fingerprint density at radius 3 is 1.05 bits per heavy atom. The molecule has 20 aromatic rings. The molecule has 20 nitrogen and oxygen atoms in total. The fraction of sp³-hybridized carbons (Fsp3) is 0.0111. The largest absolute Gasteiger partial charge is 0.289 e. The summed E-state index contributed by atoms with van der Waals surface area (Å²) >= 11 is 0. The number of imidazole rings is 3. The molecule has 20 heteroatoms. The standard InChI is InChI=1S/C90H52N20/c1-52(56-34-38-62(39-35-56)83-100-82(61-25-13-6-14-26-61)105-86(107-83)77-89-96-66-27-15-17-29-71(66)109(89)74-45-33-54(50-91)47-68(74)94-77)31-43-65-53(2)108-73-44-32-55(51-92)48-69(73)98-88(108)76(93-65)85-102-81(60-23-11-5-12-24-60)101-84(106-85)63-40-36-57(37-41-63)64-42-46-75-70(49-64)95-78(90-97-67-28-16-18-30-72(67)110(75)90)87-103-79(58-19-7-3-8-20-58)99-80(104-87)59-21-9-4-10-22-59/h3-49H,2H2,1H3/b52-31+,65-43+. The molecule has 0 amide bonds. The Hall–Kier alpha value is -15.9. The van der Waals surface area contributed by atoms with Crippen molar-refractivity contribution in [1.29, 1.82) is 10.5 Å². The Kier molecular flexibility index (Phi) is 15.1. The molecule has 110 heavy (non-hydrogen) atoms. The average Bonchev–Trinajstić information content (AvgIpc) is 1.62. The summed E-state index contributed by atoms with van der Waals surface area (Å²) in [6.07, 6.45) is 3.94. The molecule has 0 aliphatic heterocycles. The van der Waals surface area contributed by atoms with Crippen molar-refractivity contribution in [2.45, 2.75) is 6.92 Å². The highest BCUT2D eigenvalue weighted by Crippen LogP contribution is 2.37. The number of fused-ring (bicyclic) bond motifs is 13. The van der Waals surface area contributed by atoms with Crippen LogP contribution in [0.2, 0.25) is 0 Å². The second-order valence-electron chi connectivity index (χ2n) is 26.4. The second-order valence-corrected chi connectivity index (χ2v) is 26.4. The van der Waals surface area contributed by atoms with Crippen molar-refractivity contribution < 1.29 is 0 Å². The van der Waals surface area contributed by atoms with E-state index in [-0.39, 0.29) is 5.82 Å². The van der Waals surface area contributed by atoms with Crippen LogP contribution in [-0.2, 0) is 0 Å². The van der Waals surface area contributed by atoms with Crippen LogP contribution in [0.5, 0.6) is 0 Å². The van der Waals surface area contributed by atoms with Crippen molar-refractivity contribution in [2.75, 3.05) is 0 Å². The zero-order chi connectivity index (χ0) is 73.5. The number of benzene rings is 11. The molecular weight excluding hydrogens is 1360 g/mol. The van der Waals surface area contributed by atoms with Crippen molar-refractivity contribution in [3.63, 3.8) is 0 Å². The fourth-order valence-electron chi connectivity index (χ4n) is 14.1. The van der Waals surface area contributed by atoms with Crippen molar-refractivity contribution >= 4 is 90.3 Å². The van der Waals surface area contributed by atoms with Crippen molar-refractivity contribution in [3.8, 4) is 126 Å². The van der Waals surface area contributed by atoms with Gasteiger partial charge >= 0.3 is 0 Å². The van der Waals surface area contributed by atoms with Crippen LogP contribution in [0.25, 0.3) is 204 Å². The van der Waals surface area contributed by atoms with Gasteiger partial charge in [-0.1, -0.05) is 213 Å². The quantitative estimate of drug-likeness (QED) is 0.110. The van der Waals surface area contributed by atoms with Gasteiger partial charge in [-0.3, -0.25) is 13.2 Å². The fourth-order valence-corrected chi connectivity index (χ4v) is 14.1. The van der Waals surface area contributed by atoms with Crippen LogP contribution in [0.4, 0.5) is 0 Å². The van der Waals surface area contributed by atoms with E-state index in [0.717, 1.165) is 94.3 Å². The molecule has 0 unspecified atom stereocenters. The average molecular weight is 1410 g/mol. The van der Waals surface area contributed by atoms with E-state index in [4.69, 9.17) is 74.8 Å². The first-order valence-electron chi connectivity index (χ1n) is 35.3. The van der Waals surface area contributed by atoms with Gasteiger partial charge in [0.05, 0.1) is 89.1 Å². The third-order valence-electron chi connectivity index (χ3n) is 19.6. The smallest absolute Gasteiger partial charge is 0.186 e. The maximum Gasteiger partial charge on any atom is 0.186 e. The van der Waals surface area contributed by atoms with Crippen LogP contribution in [-0.4, -0.2) is 88.0 Å². The summed E-state index contributed by atoms with van der Waals surface area (Å²) < 4.78 is 6.13. The number of nitriles is 2. The molecule has 0 spiro atoms. The Morgan fingerprint density at radius 2 is 0.609 bits per heavy atom. The lowest BCUT2D eigenvalue weighted by atomic mass is 10.0. The van der Waals surface area contributed by atoms with E-state index in [9.17, 15) is 10.5 Å². The minimum Gasteiger partial charge on any atom is -0.289 e. The van der Waals surface area contributed by atoms with Crippen LogP contribution in [0.3, 0.4) is 0 Å². The van der Waals surface area contributed by atoms with Crippen LogP contribution in [0.15, 0.2) is 279 Å². The van der Waals surface area contributed by atoms with Gasteiger partial charge in [0.2, 0.25) is 0 Å². The summed E-state index contributed by atoms with van der Waals surface area (Å²) in [5.41, 5.74) is 19.9. The van der Waals surface area contributed by atoms with E-state index < -0.39 is 0 Å². The normalized spacial score (nSPS) is 12.0. The van der Waals surface area contributed by atoms with Gasteiger partial charge < -0.3 is 0 Å². The summed E-state index contributed by atoms with van der Waals surface area (Å²) in [6.45, 7) is 6.66. The second kappa shape index (κ2) is 26.0. The lowest BCUT2D eigenvalue weighted by molar-refractivity contribution is 1.02. The predicted molar refractivity (Wildman–Crippen MR) is 427 cm³/mol. The van der Waals surface area contributed by atoms with Gasteiger partial charge in [-0.2, -0.15) is 10.5 Å². The molecule has 0 aliphatic rings. The van der Waals surface area contributed by atoms with Gasteiger partial charge in [-0.15, -0.1) is 0 Å². The minimum atomic E-state index is 0.272. The summed E-state index contributed by atoms with van der Waals surface area (Å²) in [6, 6.07) is 93.1. The molecule has 9 heterocycles. The first-order valence-corrected chi connectivity index (χ1v) is 35.3. The van der Waals surface area contributed by atoms with E-state index in [0.29, 0.717) is 119 Å². The molecule has 0 saturated carbocycles. The third kappa shape index (κ3) is 11.1. The lowest BCUT2D eigenvalue weighted by Gasteiger charge is -2.12. The van der Waals surface area contributed by atoms with Gasteiger partial charge in [-0.25, -0.2) is 74.8 Å².